The molecule has 1 aliphatic carbocycles. The quantitative estimate of drug-likeness (QED) is 0.265. The number of carbonyl (C=O) groups is 2. The molecule has 0 radical (unpaired) electrons. The monoisotopic (exact) mass is 606 g/mol. The van der Waals surface area contributed by atoms with E-state index in [4.69, 9.17) is 24.9 Å². The molecule has 1 saturated carbocycles. The van der Waals surface area contributed by atoms with Gasteiger partial charge in [0.2, 0.25) is 5.76 Å². The topological polar surface area (TPSA) is 146 Å². The molecule has 3 atom stereocenters. The first kappa shape index (κ1) is 27.6. The number of ether oxygens (including phenoxy) is 1. The van der Waals surface area contributed by atoms with E-state index in [2.05, 4.69) is 27.0 Å². The summed E-state index contributed by atoms with van der Waals surface area (Å²) in [4.78, 5) is 42.1. The number of amides is 2. The number of imidazole rings is 1. The molecule has 2 aliphatic heterocycles. The maximum Gasteiger partial charge on any atom is 0.289 e. The molecule has 230 valence electrons. The predicted octanol–water partition coefficient (Wildman–Crippen LogP) is 4.39. The van der Waals surface area contributed by atoms with Crippen molar-refractivity contribution in [3.8, 4) is 17.3 Å². The van der Waals surface area contributed by atoms with E-state index in [1.54, 1.807) is 13.2 Å². The Morgan fingerprint density at radius 3 is 2.73 bits per heavy atom. The normalized spacial score (nSPS) is 19.8. The third-order valence-corrected chi connectivity index (χ3v) is 9.33. The van der Waals surface area contributed by atoms with Crippen molar-refractivity contribution in [2.45, 2.75) is 64.2 Å². The lowest BCUT2D eigenvalue weighted by molar-refractivity contribution is 0.0791. The number of pyridine rings is 2. The van der Waals surface area contributed by atoms with E-state index in [9.17, 15) is 9.59 Å². The highest BCUT2D eigenvalue weighted by atomic mass is 16.5. The van der Waals surface area contributed by atoms with Crippen molar-refractivity contribution < 1.29 is 18.7 Å². The molecular weight excluding hydrogens is 572 g/mol. The number of aryl methyl sites for hydroxylation is 1. The fourth-order valence-corrected chi connectivity index (χ4v) is 6.82. The molecule has 5 aromatic heterocycles. The molecule has 7 heterocycles. The number of aromatic nitrogens is 5. The van der Waals surface area contributed by atoms with E-state index < -0.39 is 0 Å². The van der Waals surface area contributed by atoms with E-state index in [0.29, 0.717) is 23.0 Å². The van der Waals surface area contributed by atoms with Gasteiger partial charge in [-0.2, -0.15) is 0 Å². The number of nitrogens with two attached hydrogens (primary N) is 1. The molecule has 2 bridgehead atoms. The van der Waals surface area contributed by atoms with Crippen molar-refractivity contribution in [1.29, 1.82) is 0 Å². The molecule has 2 fully saturated rings. The van der Waals surface area contributed by atoms with Crippen molar-refractivity contribution in [3.63, 3.8) is 0 Å². The van der Waals surface area contributed by atoms with E-state index >= 15 is 0 Å². The summed E-state index contributed by atoms with van der Waals surface area (Å²) in [6.45, 7) is 4.73. The molecule has 3 aliphatic rings. The summed E-state index contributed by atoms with van der Waals surface area (Å²) in [5, 5.41) is 3.93. The highest BCUT2D eigenvalue weighted by molar-refractivity contribution is 5.98. The van der Waals surface area contributed by atoms with Gasteiger partial charge in [-0.3, -0.25) is 14.0 Å². The number of methoxy groups -OCH3 is 1. The standard InChI is InChI=1S/C33H34N8O4/c1-17(36-32(42)27-14-35-16-45-27)24-8-6-20-10-26(39(31(20)37-24)15-19-4-5-19)30-18(2)40-28(38-30)11-21(12-29(40)44-3)33(43)41-22-7-9-25(41)23(34)13-22/h6,8-12,14,16-17,19,22-23H,4-5,7,13,15,34H2,1-3H3,(H,36,42)/t17-,22+,23-/m1/s1. The number of hydrogen-bond acceptors (Lipinski definition) is 8. The Bertz CT molecular complexity index is 2020. The smallest absolute Gasteiger partial charge is 0.289 e. The Morgan fingerprint density at radius 1 is 1.20 bits per heavy atom. The Morgan fingerprint density at radius 2 is 2.04 bits per heavy atom. The maximum absolute atomic E-state index is 13.7. The van der Waals surface area contributed by atoms with Crippen molar-refractivity contribution in [1.82, 2.24) is 34.1 Å². The highest BCUT2D eigenvalue weighted by Crippen LogP contribution is 2.39. The van der Waals surface area contributed by atoms with Crippen molar-refractivity contribution in [3.05, 3.63) is 77.4 Å². The summed E-state index contributed by atoms with van der Waals surface area (Å²) in [5.41, 5.74) is 12.6. The zero-order valence-electron chi connectivity index (χ0n) is 25.4. The van der Waals surface area contributed by atoms with Crippen molar-refractivity contribution in [2.75, 3.05) is 7.11 Å². The Hall–Kier alpha value is -4.97. The predicted molar refractivity (Wildman–Crippen MR) is 166 cm³/mol. The van der Waals surface area contributed by atoms with Gasteiger partial charge in [0.15, 0.2) is 12.3 Å². The number of hydrogen-bond donors (Lipinski definition) is 2. The maximum atomic E-state index is 13.7. The summed E-state index contributed by atoms with van der Waals surface area (Å²) >= 11 is 0. The number of nitrogens with one attached hydrogen (secondary N) is 1. The summed E-state index contributed by atoms with van der Waals surface area (Å²) in [6, 6.07) is 9.37. The fourth-order valence-electron chi connectivity index (χ4n) is 6.82. The molecular formula is C33H34N8O4. The first-order valence-corrected chi connectivity index (χ1v) is 15.4. The molecule has 3 N–H and O–H groups in total. The van der Waals surface area contributed by atoms with Crippen LogP contribution < -0.4 is 15.8 Å². The van der Waals surface area contributed by atoms with Gasteiger partial charge in [-0.25, -0.2) is 15.0 Å². The molecule has 12 heteroatoms. The second kappa shape index (κ2) is 10.3. The van der Waals surface area contributed by atoms with Gasteiger partial charge in [0.05, 0.1) is 36.4 Å². The van der Waals surface area contributed by atoms with Gasteiger partial charge < -0.3 is 29.7 Å². The average molecular weight is 607 g/mol. The largest absolute Gasteiger partial charge is 0.482 e. The van der Waals surface area contributed by atoms with Crippen LogP contribution in [0.4, 0.5) is 0 Å². The Labute approximate surface area is 258 Å². The minimum Gasteiger partial charge on any atom is -0.482 e. The van der Waals surface area contributed by atoms with Crippen LogP contribution in [0.3, 0.4) is 0 Å². The molecule has 0 unspecified atom stereocenters. The van der Waals surface area contributed by atoms with Crippen LogP contribution in [0.15, 0.2) is 59.1 Å². The highest BCUT2D eigenvalue weighted by Gasteiger charge is 2.42. The first-order valence-electron chi connectivity index (χ1n) is 15.4. The first-order chi connectivity index (χ1) is 21.8. The van der Waals surface area contributed by atoms with Gasteiger partial charge in [0, 0.05) is 41.3 Å². The van der Waals surface area contributed by atoms with Crippen LogP contribution in [0.5, 0.6) is 5.88 Å². The van der Waals surface area contributed by atoms with Crippen LogP contribution in [0.25, 0.3) is 28.1 Å². The lowest BCUT2D eigenvalue weighted by Gasteiger charge is -2.20. The van der Waals surface area contributed by atoms with Gasteiger partial charge in [0.25, 0.3) is 11.8 Å². The minimum atomic E-state index is -0.354. The zero-order valence-corrected chi connectivity index (χ0v) is 25.4. The Balaban J connectivity index is 1.19. The molecule has 5 aromatic rings. The summed E-state index contributed by atoms with van der Waals surface area (Å²) in [7, 11) is 1.61. The molecule has 1 saturated heterocycles. The molecule has 0 spiro atoms. The SMILES string of the molecule is COc1cc(C(=O)N2C3=CC[C@H]2C[C@H]3N)cc2nc(-c3cc4ccc([C@@H](C)NC(=O)c5cnco5)nc4n3CC3CC3)c(C)n12. The summed E-state index contributed by atoms with van der Waals surface area (Å²) < 4.78 is 15.2. The van der Waals surface area contributed by atoms with Gasteiger partial charge in [-0.1, -0.05) is 6.08 Å². The minimum absolute atomic E-state index is 0.0798. The second-order valence-electron chi connectivity index (χ2n) is 12.4. The lowest BCUT2D eigenvalue weighted by Crippen LogP contribution is -2.31. The lowest BCUT2D eigenvalue weighted by atomic mass is 10.0. The van der Waals surface area contributed by atoms with Crippen LogP contribution in [-0.4, -0.2) is 59.8 Å². The van der Waals surface area contributed by atoms with Crippen LogP contribution >= 0.6 is 0 Å². The van der Waals surface area contributed by atoms with Crippen LogP contribution in [0.2, 0.25) is 0 Å². The third-order valence-electron chi connectivity index (χ3n) is 9.33. The third kappa shape index (κ3) is 4.50. The number of rotatable bonds is 8. The van der Waals surface area contributed by atoms with E-state index in [-0.39, 0.29) is 35.7 Å². The zero-order chi connectivity index (χ0) is 31.0. The number of nitrogens with zero attached hydrogens (tertiary/aromatic N) is 6. The number of carbonyl (C=O) groups excluding carboxylic acids is 2. The number of oxazole rings is 1. The van der Waals surface area contributed by atoms with Crippen molar-refractivity contribution in [2.24, 2.45) is 11.7 Å². The van der Waals surface area contributed by atoms with Crippen LogP contribution in [0.1, 0.15) is 70.9 Å². The van der Waals surface area contributed by atoms with E-state index in [0.717, 1.165) is 58.9 Å². The molecule has 45 heavy (non-hydrogen) atoms. The van der Waals surface area contributed by atoms with Crippen molar-refractivity contribution >= 4 is 28.5 Å². The molecule has 12 nitrogen and oxygen atoms in total. The molecule has 8 rings (SSSR count). The van der Waals surface area contributed by atoms with Gasteiger partial charge in [0.1, 0.15) is 17.0 Å². The summed E-state index contributed by atoms with van der Waals surface area (Å²) in [6.07, 6.45) is 8.67. The van der Waals surface area contributed by atoms with Gasteiger partial charge in [-0.15, -0.1) is 0 Å². The van der Waals surface area contributed by atoms with E-state index in [1.165, 1.54) is 25.4 Å². The van der Waals surface area contributed by atoms with Crippen LogP contribution in [0, 0.1) is 12.8 Å². The molecule has 0 aromatic carbocycles. The fraction of sp³-hybridized carbons (Fsp3) is 0.364. The molecule has 2 amide bonds. The van der Waals surface area contributed by atoms with E-state index in [1.807, 2.05) is 41.3 Å². The second-order valence-corrected chi connectivity index (χ2v) is 12.4. The number of fused-ring (bicyclic) bond motifs is 4. The average Bonchev–Trinajstić information content (AvgIpc) is 3.46. The van der Waals surface area contributed by atoms with Gasteiger partial charge in [-0.05, 0) is 69.7 Å². The van der Waals surface area contributed by atoms with Gasteiger partial charge >= 0.3 is 0 Å². The summed E-state index contributed by atoms with van der Waals surface area (Å²) in [5.74, 6) is 0.835. The Kier molecular flexibility index (Phi) is 6.31. The van der Waals surface area contributed by atoms with Crippen LogP contribution in [-0.2, 0) is 6.54 Å².